The van der Waals surface area contributed by atoms with Crippen LogP contribution in [0.25, 0.3) is 10.8 Å². The molecule has 0 saturated heterocycles. The lowest BCUT2D eigenvalue weighted by Crippen LogP contribution is -2.19. The molecule has 1 N–H and O–H groups in total. The number of rotatable bonds is 5. The highest BCUT2D eigenvalue weighted by atomic mass is 35.5. The standard InChI is InChI=1S/C19H14ClN3O3/c20-18-9-8-16(23(25)26)10-15(18)12-21-22-19(24)11-14-6-3-5-13-4-1-2-7-17(13)14/h1-10,12H,11H2,(H,22,24). The van der Waals surface area contributed by atoms with Crippen LogP contribution in [0.5, 0.6) is 0 Å². The number of nitrogens with one attached hydrogen (secondary N) is 1. The molecule has 0 radical (unpaired) electrons. The Bertz CT molecular complexity index is 1010. The van der Waals surface area contributed by atoms with Crippen LogP contribution in [0.3, 0.4) is 0 Å². The minimum absolute atomic E-state index is 0.0991. The second kappa shape index (κ2) is 7.76. The third-order valence-corrected chi connectivity index (χ3v) is 4.16. The maximum atomic E-state index is 12.1. The molecule has 0 unspecified atom stereocenters. The highest BCUT2D eigenvalue weighted by Gasteiger charge is 2.09. The second-order valence-electron chi connectivity index (χ2n) is 5.57. The van der Waals surface area contributed by atoms with Gasteiger partial charge in [-0.25, -0.2) is 5.43 Å². The van der Waals surface area contributed by atoms with Crippen LogP contribution in [-0.4, -0.2) is 17.0 Å². The number of hydrazone groups is 1. The highest BCUT2D eigenvalue weighted by Crippen LogP contribution is 2.21. The van der Waals surface area contributed by atoms with Crippen LogP contribution < -0.4 is 5.43 Å². The molecule has 0 bridgehead atoms. The lowest BCUT2D eigenvalue weighted by Gasteiger charge is -2.05. The Labute approximate surface area is 154 Å². The Hall–Kier alpha value is -3.25. The summed E-state index contributed by atoms with van der Waals surface area (Å²) in [4.78, 5) is 22.4. The summed E-state index contributed by atoms with van der Waals surface area (Å²) in [5, 5.41) is 17.0. The van der Waals surface area contributed by atoms with E-state index in [4.69, 9.17) is 11.6 Å². The molecule has 130 valence electrons. The van der Waals surface area contributed by atoms with Crippen molar-refractivity contribution < 1.29 is 9.72 Å². The van der Waals surface area contributed by atoms with Gasteiger partial charge in [0.25, 0.3) is 5.69 Å². The van der Waals surface area contributed by atoms with E-state index in [0.29, 0.717) is 10.6 Å². The molecule has 0 atom stereocenters. The normalized spacial score (nSPS) is 11.0. The van der Waals surface area contributed by atoms with Crippen molar-refractivity contribution in [2.75, 3.05) is 0 Å². The maximum Gasteiger partial charge on any atom is 0.270 e. The number of carbonyl (C=O) groups is 1. The number of hydrogen-bond acceptors (Lipinski definition) is 4. The van der Waals surface area contributed by atoms with Crippen molar-refractivity contribution in [3.8, 4) is 0 Å². The van der Waals surface area contributed by atoms with Crippen LogP contribution in [0.4, 0.5) is 5.69 Å². The van der Waals surface area contributed by atoms with Gasteiger partial charge in [0, 0.05) is 22.7 Å². The van der Waals surface area contributed by atoms with Crippen LogP contribution in [0.15, 0.2) is 65.8 Å². The Morgan fingerprint density at radius 3 is 2.73 bits per heavy atom. The zero-order valence-corrected chi connectivity index (χ0v) is 14.3. The molecule has 0 aromatic heterocycles. The first-order chi connectivity index (χ1) is 12.5. The van der Waals surface area contributed by atoms with E-state index in [1.165, 1.54) is 24.4 Å². The Morgan fingerprint density at radius 1 is 1.15 bits per heavy atom. The number of non-ortho nitro benzene ring substituents is 1. The molecular weight excluding hydrogens is 354 g/mol. The van der Waals surface area contributed by atoms with Crippen LogP contribution in [0.1, 0.15) is 11.1 Å². The molecule has 0 aliphatic rings. The fourth-order valence-corrected chi connectivity index (χ4v) is 2.74. The van der Waals surface area contributed by atoms with Gasteiger partial charge in [-0.05, 0) is 22.4 Å². The second-order valence-corrected chi connectivity index (χ2v) is 5.98. The third-order valence-electron chi connectivity index (χ3n) is 3.81. The average Bonchev–Trinajstić information content (AvgIpc) is 2.63. The number of halogens is 1. The molecule has 3 aromatic carbocycles. The van der Waals surface area contributed by atoms with Gasteiger partial charge in [0.05, 0.1) is 17.6 Å². The van der Waals surface area contributed by atoms with Gasteiger partial charge in [-0.2, -0.15) is 5.10 Å². The monoisotopic (exact) mass is 367 g/mol. The summed E-state index contributed by atoms with van der Waals surface area (Å²) in [6.45, 7) is 0. The van der Waals surface area contributed by atoms with E-state index in [9.17, 15) is 14.9 Å². The predicted octanol–water partition coefficient (Wildman–Crippen LogP) is 4.09. The Morgan fingerprint density at radius 2 is 1.92 bits per heavy atom. The number of nitrogens with zero attached hydrogens (tertiary/aromatic N) is 2. The van der Waals surface area contributed by atoms with Gasteiger partial charge >= 0.3 is 0 Å². The summed E-state index contributed by atoms with van der Waals surface area (Å²) < 4.78 is 0. The highest BCUT2D eigenvalue weighted by molar-refractivity contribution is 6.33. The van der Waals surface area contributed by atoms with E-state index < -0.39 is 4.92 Å². The summed E-state index contributed by atoms with van der Waals surface area (Å²) in [5.41, 5.74) is 3.57. The molecule has 0 aliphatic carbocycles. The predicted molar refractivity (Wildman–Crippen MR) is 101 cm³/mol. The quantitative estimate of drug-likeness (QED) is 0.418. The van der Waals surface area contributed by atoms with Gasteiger partial charge in [0.2, 0.25) is 5.91 Å². The van der Waals surface area contributed by atoms with E-state index in [1.807, 2.05) is 42.5 Å². The summed E-state index contributed by atoms with van der Waals surface area (Å²) in [5.74, 6) is -0.292. The van der Waals surface area contributed by atoms with E-state index in [0.717, 1.165) is 16.3 Å². The first-order valence-electron chi connectivity index (χ1n) is 7.77. The maximum absolute atomic E-state index is 12.1. The molecule has 3 aromatic rings. The number of nitro groups is 1. The fourth-order valence-electron chi connectivity index (χ4n) is 2.58. The molecule has 0 fully saturated rings. The first kappa shape index (κ1) is 17.6. The third kappa shape index (κ3) is 4.04. The van der Waals surface area contributed by atoms with Crippen molar-refractivity contribution in [3.05, 3.63) is 86.9 Å². The number of nitro benzene ring substituents is 1. The molecule has 0 aliphatic heterocycles. The minimum atomic E-state index is -0.521. The molecule has 26 heavy (non-hydrogen) atoms. The summed E-state index contributed by atoms with van der Waals surface area (Å²) in [6, 6.07) is 17.6. The summed E-state index contributed by atoms with van der Waals surface area (Å²) in [6.07, 6.45) is 1.46. The van der Waals surface area contributed by atoms with Crippen molar-refractivity contribution in [2.45, 2.75) is 6.42 Å². The number of carbonyl (C=O) groups excluding carboxylic acids is 1. The molecule has 0 heterocycles. The number of amides is 1. The van der Waals surface area contributed by atoms with Crippen molar-refractivity contribution in [1.82, 2.24) is 5.43 Å². The van der Waals surface area contributed by atoms with Gasteiger partial charge in [0.15, 0.2) is 0 Å². The van der Waals surface area contributed by atoms with E-state index in [-0.39, 0.29) is 18.0 Å². The molecule has 0 spiro atoms. The molecule has 1 amide bonds. The largest absolute Gasteiger partial charge is 0.273 e. The lowest BCUT2D eigenvalue weighted by atomic mass is 10.0. The fraction of sp³-hybridized carbons (Fsp3) is 0.0526. The van der Waals surface area contributed by atoms with Gasteiger partial charge in [-0.15, -0.1) is 0 Å². The zero-order chi connectivity index (χ0) is 18.5. The average molecular weight is 368 g/mol. The molecular formula is C19H14ClN3O3. The lowest BCUT2D eigenvalue weighted by molar-refractivity contribution is -0.384. The minimum Gasteiger partial charge on any atom is -0.273 e. The smallest absolute Gasteiger partial charge is 0.270 e. The Balaban J connectivity index is 1.70. The van der Waals surface area contributed by atoms with Crippen LogP contribution in [0, 0.1) is 10.1 Å². The molecule has 7 heteroatoms. The van der Waals surface area contributed by atoms with E-state index in [1.54, 1.807) is 0 Å². The number of hydrogen-bond donors (Lipinski definition) is 1. The Kier molecular flexibility index (Phi) is 5.24. The van der Waals surface area contributed by atoms with Gasteiger partial charge in [-0.3, -0.25) is 14.9 Å². The van der Waals surface area contributed by atoms with Crippen molar-refractivity contribution in [1.29, 1.82) is 0 Å². The molecule has 6 nitrogen and oxygen atoms in total. The van der Waals surface area contributed by atoms with Crippen LogP contribution in [0.2, 0.25) is 5.02 Å². The van der Waals surface area contributed by atoms with Crippen LogP contribution >= 0.6 is 11.6 Å². The first-order valence-corrected chi connectivity index (χ1v) is 8.15. The van der Waals surface area contributed by atoms with Crippen molar-refractivity contribution in [2.24, 2.45) is 5.10 Å². The molecule has 3 rings (SSSR count). The topological polar surface area (TPSA) is 84.6 Å². The van der Waals surface area contributed by atoms with Crippen molar-refractivity contribution >= 4 is 40.2 Å². The zero-order valence-electron chi connectivity index (χ0n) is 13.6. The SMILES string of the molecule is O=C(Cc1cccc2ccccc12)NN=Cc1cc([N+](=O)[O-])ccc1Cl. The van der Waals surface area contributed by atoms with Gasteiger partial charge in [0.1, 0.15) is 0 Å². The van der Waals surface area contributed by atoms with Gasteiger partial charge in [-0.1, -0.05) is 54.1 Å². The van der Waals surface area contributed by atoms with E-state index >= 15 is 0 Å². The van der Waals surface area contributed by atoms with Crippen molar-refractivity contribution in [3.63, 3.8) is 0 Å². The number of benzene rings is 3. The number of fused-ring (bicyclic) bond motifs is 1. The van der Waals surface area contributed by atoms with E-state index in [2.05, 4.69) is 10.5 Å². The van der Waals surface area contributed by atoms with Gasteiger partial charge < -0.3 is 0 Å². The van der Waals surface area contributed by atoms with Crippen LogP contribution in [-0.2, 0) is 11.2 Å². The summed E-state index contributed by atoms with van der Waals surface area (Å²) >= 11 is 5.98. The molecule has 0 saturated carbocycles. The summed E-state index contributed by atoms with van der Waals surface area (Å²) in [7, 11) is 0.